The lowest BCUT2D eigenvalue weighted by molar-refractivity contribution is 0.578. The van der Waals surface area contributed by atoms with Crippen LogP contribution in [0.4, 0.5) is 0 Å². The van der Waals surface area contributed by atoms with Crippen molar-refractivity contribution in [3.8, 4) is 0 Å². The van der Waals surface area contributed by atoms with E-state index in [0.717, 1.165) is 5.92 Å². The van der Waals surface area contributed by atoms with Crippen LogP contribution in [0.1, 0.15) is 30.7 Å². The van der Waals surface area contributed by atoms with E-state index in [1.165, 1.54) is 31.4 Å². The Bertz CT molecular complexity index is 301. The third kappa shape index (κ3) is 1.09. The Labute approximate surface area is 78.4 Å². The summed E-state index contributed by atoms with van der Waals surface area (Å²) in [6, 6.07) is 4.24. The van der Waals surface area contributed by atoms with Gasteiger partial charge in [-0.15, -0.1) is 0 Å². The second kappa shape index (κ2) is 2.55. The number of hydrogen-bond acceptors (Lipinski definition) is 2. The van der Waals surface area contributed by atoms with Crippen LogP contribution in [0.5, 0.6) is 0 Å². The largest absolute Gasteiger partial charge is 0.311 e. The van der Waals surface area contributed by atoms with Crippen molar-refractivity contribution >= 4 is 0 Å². The van der Waals surface area contributed by atoms with E-state index in [0.29, 0.717) is 5.54 Å². The molecule has 1 N–H and O–H groups in total. The van der Waals surface area contributed by atoms with Gasteiger partial charge in [0, 0.05) is 23.9 Å². The van der Waals surface area contributed by atoms with E-state index in [1.54, 1.807) is 0 Å². The van der Waals surface area contributed by atoms with Gasteiger partial charge in [-0.2, -0.15) is 0 Å². The van der Waals surface area contributed by atoms with Crippen molar-refractivity contribution in [3.63, 3.8) is 0 Å². The normalized spacial score (nSPS) is 36.8. The first-order chi connectivity index (χ1) is 6.41. The van der Waals surface area contributed by atoms with Crippen LogP contribution >= 0.6 is 0 Å². The van der Waals surface area contributed by atoms with Crippen LogP contribution in [0.2, 0.25) is 0 Å². The van der Waals surface area contributed by atoms with Gasteiger partial charge in [0.05, 0.1) is 0 Å². The monoisotopic (exact) mass is 174 g/mol. The maximum absolute atomic E-state index is 4.17. The molecule has 0 bridgehead atoms. The molecular weight excluding hydrogens is 160 g/mol. The summed E-state index contributed by atoms with van der Waals surface area (Å²) in [6.07, 6.45) is 7.88. The van der Waals surface area contributed by atoms with E-state index in [2.05, 4.69) is 16.4 Å². The summed E-state index contributed by atoms with van der Waals surface area (Å²) in [5.41, 5.74) is 1.89. The Kier molecular flexibility index (Phi) is 1.47. The summed E-state index contributed by atoms with van der Waals surface area (Å²) in [5, 5.41) is 3.63. The van der Waals surface area contributed by atoms with Gasteiger partial charge in [-0.05, 0) is 37.4 Å². The summed E-state index contributed by atoms with van der Waals surface area (Å²) in [7, 11) is 0. The van der Waals surface area contributed by atoms with Gasteiger partial charge in [0.15, 0.2) is 0 Å². The highest BCUT2D eigenvalue weighted by molar-refractivity contribution is 5.32. The van der Waals surface area contributed by atoms with Crippen LogP contribution < -0.4 is 5.32 Å². The average molecular weight is 174 g/mol. The Morgan fingerprint density at radius 3 is 3.23 bits per heavy atom. The third-order valence-electron chi connectivity index (χ3n) is 3.44. The van der Waals surface area contributed by atoms with Crippen molar-refractivity contribution in [2.45, 2.75) is 30.7 Å². The number of nitrogens with zero attached hydrogens (tertiary/aromatic N) is 1. The Balaban J connectivity index is 1.83. The molecule has 1 aliphatic heterocycles. The first-order valence-electron chi connectivity index (χ1n) is 5.06. The SMILES string of the molecule is c1cncc(C2CC23CCCN3)c1. The predicted octanol–water partition coefficient (Wildman–Crippen LogP) is 1.69. The quantitative estimate of drug-likeness (QED) is 0.700. The fourth-order valence-corrected chi connectivity index (χ4v) is 2.63. The molecule has 1 aliphatic carbocycles. The summed E-state index contributed by atoms with van der Waals surface area (Å²) in [6.45, 7) is 1.21. The van der Waals surface area contributed by atoms with Gasteiger partial charge in [0.1, 0.15) is 0 Å². The lowest BCUT2D eigenvalue weighted by atomic mass is 10.1. The number of pyridine rings is 1. The molecule has 2 heterocycles. The minimum Gasteiger partial charge on any atom is -0.311 e. The van der Waals surface area contributed by atoms with E-state index < -0.39 is 0 Å². The first-order valence-corrected chi connectivity index (χ1v) is 5.06. The molecule has 2 fully saturated rings. The van der Waals surface area contributed by atoms with Crippen LogP contribution in [-0.4, -0.2) is 17.1 Å². The van der Waals surface area contributed by atoms with Crippen molar-refractivity contribution in [1.82, 2.24) is 10.3 Å². The van der Waals surface area contributed by atoms with E-state index in [4.69, 9.17) is 0 Å². The van der Waals surface area contributed by atoms with Crippen molar-refractivity contribution < 1.29 is 0 Å². The molecule has 68 valence electrons. The minimum absolute atomic E-state index is 0.475. The second-order valence-electron chi connectivity index (χ2n) is 4.23. The maximum atomic E-state index is 4.17. The fraction of sp³-hybridized carbons (Fsp3) is 0.545. The summed E-state index contributed by atoms with van der Waals surface area (Å²) >= 11 is 0. The molecule has 2 unspecified atom stereocenters. The highest BCUT2D eigenvalue weighted by Gasteiger charge is 2.55. The lowest BCUT2D eigenvalue weighted by Gasteiger charge is -2.08. The molecule has 13 heavy (non-hydrogen) atoms. The van der Waals surface area contributed by atoms with Crippen molar-refractivity contribution in [1.29, 1.82) is 0 Å². The van der Waals surface area contributed by atoms with Crippen LogP contribution in [-0.2, 0) is 0 Å². The molecule has 3 rings (SSSR count). The summed E-state index contributed by atoms with van der Waals surface area (Å²) < 4.78 is 0. The maximum Gasteiger partial charge on any atom is 0.0303 e. The highest BCUT2D eigenvalue weighted by atomic mass is 15.1. The van der Waals surface area contributed by atoms with E-state index >= 15 is 0 Å². The Morgan fingerprint density at radius 2 is 2.54 bits per heavy atom. The highest BCUT2D eigenvalue weighted by Crippen LogP contribution is 2.55. The Morgan fingerprint density at radius 1 is 1.54 bits per heavy atom. The van der Waals surface area contributed by atoms with Crippen LogP contribution in [0.15, 0.2) is 24.5 Å². The summed E-state index contributed by atoms with van der Waals surface area (Å²) in [5.74, 6) is 0.740. The minimum atomic E-state index is 0.475. The van der Waals surface area contributed by atoms with Crippen LogP contribution in [0, 0.1) is 0 Å². The molecule has 1 spiro atoms. The second-order valence-corrected chi connectivity index (χ2v) is 4.23. The first kappa shape index (κ1) is 7.51. The molecule has 2 atom stereocenters. The van der Waals surface area contributed by atoms with Gasteiger partial charge in [0.25, 0.3) is 0 Å². The number of aromatic nitrogens is 1. The van der Waals surface area contributed by atoms with E-state index in [-0.39, 0.29) is 0 Å². The lowest BCUT2D eigenvalue weighted by Crippen LogP contribution is -2.25. The number of hydrogen-bond donors (Lipinski definition) is 1. The van der Waals surface area contributed by atoms with Gasteiger partial charge in [-0.25, -0.2) is 0 Å². The smallest absolute Gasteiger partial charge is 0.0303 e. The molecule has 0 aromatic carbocycles. The van der Waals surface area contributed by atoms with Gasteiger partial charge >= 0.3 is 0 Å². The number of nitrogens with one attached hydrogen (secondary N) is 1. The fourth-order valence-electron chi connectivity index (χ4n) is 2.63. The van der Waals surface area contributed by atoms with Gasteiger partial charge in [-0.3, -0.25) is 4.98 Å². The van der Waals surface area contributed by atoms with Gasteiger partial charge < -0.3 is 5.32 Å². The molecule has 2 aliphatic rings. The molecular formula is C11H14N2. The average Bonchev–Trinajstić information content (AvgIpc) is 2.66. The third-order valence-corrected chi connectivity index (χ3v) is 3.44. The molecule has 0 radical (unpaired) electrons. The van der Waals surface area contributed by atoms with Crippen molar-refractivity contribution in [2.24, 2.45) is 0 Å². The Hall–Kier alpha value is -0.890. The molecule has 0 amide bonds. The topological polar surface area (TPSA) is 24.9 Å². The molecule has 1 aromatic rings. The molecule has 2 nitrogen and oxygen atoms in total. The van der Waals surface area contributed by atoms with Crippen LogP contribution in [0.25, 0.3) is 0 Å². The van der Waals surface area contributed by atoms with E-state index in [1.807, 2.05) is 18.5 Å². The number of rotatable bonds is 1. The van der Waals surface area contributed by atoms with E-state index in [9.17, 15) is 0 Å². The standard InChI is InChI=1S/C11H14N2/c1-3-9(8-12-5-1)10-7-11(10)4-2-6-13-11/h1,3,5,8,10,13H,2,4,6-7H2. The van der Waals surface area contributed by atoms with Gasteiger partial charge in [-0.1, -0.05) is 6.07 Å². The molecule has 2 heteroatoms. The molecule has 1 saturated heterocycles. The van der Waals surface area contributed by atoms with Crippen molar-refractivity contribution in [3.05, 3.63) is 30.1 Å². The van der Waals surface area contributed by atoms with Gasteiger partial charge in [0.2, 0.25) is 0 Å². The zero-order valence-electron chi connectivity index (χ0n) is 7.66. The van der Waals surface area contributed by atoms with Crippen LogP contribution in [0.3, 0.4) is 0 Å². The zero-order valence-corrected chi connectivity index (χ0v) is 7.66. The summed E-state index contributed by atoms with van der Waals surface area (Å²) in [4.78, 5) is 4.17. The zero-order chi connectivity index (χ0) is 8.73. The predicted molar refractivity (Wildman–Crippen MR) is 51.6 cm³/mol. The molecule has 1 aromatic heterocycles. The van der Waals surface area contributed by atoms with Crippen molar-refractivity contribution in [2.75, 3.05) is 6.54 Å². The molecule has 1 saturated carbocycles.